The van der Waals surface area contributed by atoms with Crippen molar-refractivity contribution in [3.63, 3.8) is 0 Å². The molecule has 0 bridgehead atoms. The van der Waals surface area contributed by atoms with E-state index in [0.717, 1.165) is 16.5 Å². The number of nitrogens with zero attached hydrogens (tertiary/aromatic N) is 2. The molecule has 114 valence electrons. The summed E-state index contributed by atoms with van der Waals surface area (Å²) in [5.41, 5.74) is 2.45. The number of aromatic amines is 2. The van der Waals surface area contributed by atoms with E-state index >= 15 is 0 Å². The largest absolute Gasteiger partial charge is 0.411 e. The van der Waals surface area contributed by atoms with Gasteiger partial charge in [0.1, 0.15) is 0 Å². The van der Waals surface area contributed by atoms with Crippen molar-refractivity contribution in [1.29, 1.82) is 0 Å². The Labute approximate surface area is 135 Å². The first kappa shape index (κ1) is 13.8. The molecule has 0 aliphatic carbocycles. The lowest BCUT2D eigenvalue weighted by Gasteiger charge is -1.95. The van der Waals surface area contributed by atoms with Crippen molar-refractivity contribution in [2.45, 2.75) is 5.22 Å². The summed E-state index contributed by atoms with van der Waals surface area (Å²) < 4.78 is 5.66. The van der Waals surface area contributed by atoms with Gasteiger partial charge in [0.25, 0.3) is 11.1 Å². The molecule has 2 N–H and O–H groups in total. The Hall–Kier alpha value is -2.80. The molecular weight excluding hydrogens is 312 g/mol. The fourth-order valence-electron chi connectivity index (χ4n) is 2.33. The molecule has 4 aromatic rings. The molecule has 0 fully saturated rings. The molecule has 23 heavy (non-hydrogen) atoms. The summed E-state index contributed by atoms with van der Waals surface area (Å²) in [4.78, 5) is 18.0. The second-order valence-corrected chi connectivity index (χ2v) is 5.84. The number of nitrogens with one attached hydrogen (secondary N) is 2. The molecular formula is C16H12N4O2S. The van der Waals surface area contributed by atoms with Gasteiger partial charge in [-0.15, -0.1) is 10.2 Å². The minimum atomic E-state index is -0.00755. The van der Waals surface area contributed by atoms with Crippen LogP contribution in [-0.4, -0.2) is 31.7 Å². The van der Waals surface area contributed by atoms with E-state index in [1.807, 2.05) is 30.5 Å². The third-order valence-corrected chi connectivity index (χ3v) is 4.27. The first-order valence-electron chi connectivity index (χ1n) is 7.00. The van der Waals surface area contributed by atoms with Crippen LogP contribution in [0.15, 0.2) is 58.4 Å². The summed E-state index contributed by atoms with van der Waals surface area (Å²) in [6, 6.07) is 11.4. The summed E-state index contributed by atoms with van der Waals surface area (Å²) in [5.74, 6) is 0.680. The summed E-state index contributed by atoms with van der Waals surface area (Å²) in [6.45, 7) is 0. The molecule has 6 nitrogen and oxygen atoms in total. The van der Waals surface area contributed by atoms with Crippen LogP contribution in [0.1, 0.15) is 10.5 Å². The molecule has 1 aromatic carbocycles. The maximum absolute atomic E-state index is 11.9. The Morgan fingerprint density at radius 2 is 2.04 bits per heavy atom. The lowest BCUT2D eigenvalue weighted by Crippen LogP contribution is -2.02. The standard InChI is InChI=1S/C16H12N4O2S/c21-14(13-6-3-7-17-13)9-23-16-20-19-15(22-16)11-8-18-12-5-2-1-4-10(11)12/h1-8,17-18H,9H2. The second kappa shape index (κ2) is 5.77. The number of aromatic nitrogens is 4. The third-order valence-electron chi connectivity index (χ3n) is 3.45. The van der Waals surface area contributed by atoms with E-state index in [1.165, 1.54) is 11.8 Å². The molecule has 0 amide bonds. The molecule has 4 rings (SSSR count). The van der Waals surface area contributed by atoms with Crippen LogP contribution in [-0.2, 0) is 0 Å². The second-order valence-electron chi connectivity index (χ2n) is 4.92. The van der Waals surface area contributed by atoms with Crippen LogP contribution in [0, 0.1) is 0 Å². The number of fused-ring (bicyclic) bond motifs is 1. The minimum Gasteiger partial charge on any atom is -0.411 e. The first-order valence-corrected chi connectivity index (χ1v) is 7.99. The van der Waals surface area contributed by atoms with Crippen molar-refractivity contribution in [2.75, 3.05) is 5.75 Å². The van der Waals surface area contributed by atoms with E-state index in [4.69, 9.17) is 4.42 Å². The highest BCUT2D eigenvalue weighted by molar-refractivity contribution is 7.99. The fourth-order valence-corrected chi connectivity index (χ4v) is 2.98. The van der Waals surface area contributed by atoms with Crippen LogP contribution in [0.5, 0.6) is 0 Å². The molecule has 7 heteroatoms. The topological polar surface area (TPSA) is 87.6 Å². The average molecular weight is 324 g/mol. The molecule has 3 heterocycles. The van der Waals surface area contributed by atoms with E-state index < -0.39 is 0 Å². The first-order chi connectivity index (χ1) is 11.3. The third kappa shape index (κ3) is 2.66. The van der Waals surface area contributed by atoms with Gasteiger partial charge in [0.15, 0.2) is 5.78 Å². The predicted molar refractivity (Wildman–Crippen MR) is 87.4 cm³/mol. The van der Waals surface area contributed by atoms with Gasteiger partial charge in [-0.1, -0.05) is 30.0 Å². The number of para-hydroxylation sites is 1. The molecule has 0 atom stereocenters. The van der Waals surface area contributed by atoms with Gasteiger partial charge in [-0.25, -0.2) is 0 Å². The monoisotopic (exact) mass is 324 g/mol. The van der Waals surface area contributed by atoms with Crippen LogP contribution in [0.3, 0.4) is 0 Å². The normalized spacial score (nSPS) is 11.1. The summed E-state index contributed by atoms with van der Waals surface area (Å²) in [6.07, 6.45) is 3.57. The summed E-state index contributed by atoms with van der Waals surface area (Å²) >= 11 is 1.23. The highest BCUT2D eigenvalue weighted by Gasteiger charge is 2.15. The Bertz CT molecular complexity index is 955. The number of thioether (sulfide) groups is 1. The van der Waals surface area contributed by atoms with Crippen LogP contribution in [0.2, 0.25) is 0 Å². The lowest BCUT2D eigenvalue weighted by atomic mass is 10.2. The Morgan fingerprint density at radius 3 is 2.91 bits per heavy atom. The Balaban J connectivity index is 1.52. The van der Waals surface area contributed by atoms with Gasteiger partial charge in [-0.3, -0.25) is 4.79 Å². The van der Waals surface area contributed by atoms with Gasteiger partial charge in [0.2, 0.25) is 0 Å². The number of rotatable bonds is 5. The van der Waals surface area contributed by atoms with Crippen LogP contribution >= 0.6 is 11.8 Å². The molecule has 3 aromatic heterocycles. The number of benzene rings is 1. The number of carbonyl (C=O) groups excluding carboxylic acids is 1. The highest BCUT2D eigenvalue weighted by Crippen LogP contribution is 2.29. The molecule has 0 aliphatic rings. The quantitative estimate of drug-likeness (QED) is 0.433. The minimum absolute atomic E-state index is 0.00755. The van der Waals surface area contributed by atoms with Crippen molar-refractivity contribution < 1.29 is 9.21 Å². The van der Waals surface area contributed by atoms with Gasteiger partial charge in [0, 0.05) is 23.3 Å². The maximum Gasteiger partial charge on any atom is 0.277 e. The van der Waals surface area contributed by atoms with E-state index in [1.54, 1.807) is 18.3 Å². The number of Topliss-reactive ketones (excluding diaryl/α,β-unsaturated/α-hetero) is 1. The van der Waals surface area contributed by atoms with Crippen molar-refractivity contribution in [2.24, 2.45) is 0 Å². The van der Waals surface area contributed by atoms with Gasteiger partial charge >= 0.3 is 0 Å². The summed E-state index contributed by atoms with van der Waals surface area (Å²) in [7, 11) is 0. The predicted octanol–water partition coefficient (Wildman–Crippen LogP) is 3.52. The fraction of sp³-hybridized carbons (Fsp3) is 0.0625. The molecule has 0 unspecified atom stereocenters. The molecule has 0 aliphatic heterocycles. The van der Waals surface area contributed by atoms with Crippen molar-refractivity contribution >= 4 is 28.4 Å². The zero-order valence-corrected chi connectivity index (χ0v) is 12.8. The lowest BCUT2D eigenvalue weighted by molar-refractivity contribution is 0.101. The summed E-state index contributed by atoms with van der Waals surface area (Å²) in [5, 5.41) is 9.48. The molecule has 0 saturated heterocycles. The molecule has 0 radical (unpaired) electrons. The number of ketones is 1. The van der Waals surface area contributed by atoms with Crippen molar-refractivity contribution in [1.82, 2.24) is 20.2 Å². The maximum atomic E-state index is 11.9. The van der Waals surface area contributed by atoms with E-state index in [0.29, 0.717) is 16.8 Å². The highest BCUT2D eigenvalue weighted by atomic mass is 32.2. The van der Waals surface area contributed by atoms with Gasteiger partial charge in [-0.05, 0) is 18.2 Å². The number of H-pyrrole nitrogens is 2. The smallest absolute Gasteiger partial charge is 0.277 e. The van der Waals surface area contributed by atoms with Gasteiger partial charge in [0.05, 0.1) is 17.0 Å². The zero-order valence-electron chi connectivity index (χ0n) is 11.9. The Kier molecular flexibility index (Phi) is 3.47. The van der Waals surface area contributed by atoms with Gasteiger partial charge in [-0.2, -0.15) is 0 Å². The molecule has 0 spiro atoms. The average Bonchev–Trinajstić information content (AvgIpc) is 3.31. The number of hydrogen-bond acceptors (Lipinski definition) is 5. The van der Waals surface area contributed by atoms with E-state index in [2.05, 4.69) is 20.2 Å². The molecule has 0 saturated carbocycles. The van der Waals surface area contributed by atoms with E-state index in [9.17, 15) is 4.79 Å². The van der Waals surface area contributed by atoms with Crippen molar-refractivity contribution in [3.8, 4) is 11.5 Å². The van der Waals surface area contributed by atoms with Crippen LogP contribution in [0.25, 0.3) is 22.4 Å². The van der Waals surface area contributed by atoms with Crippen LogP contribution in [0.4, 0.5) is 0 Å². The zero-order chi connectivity index (χ0) is 15.6. The van der Waals surface area contributed by atoms with Crippen LogP contribution < -0.4 is 0 Å². The van der Waals surface area contributed by atoms with E-state index in [-0.39, 0.29) is 11.5 Å². The number of hydrogen-bond donors (Lipinski definition) is 2. The Morgan fingerprint density at radius 1 is 1.13 bits per heavy atom. The SMILES string of the molecule is O=C(CSc1nnc(-c2c[nH]c3ccccc23)o1)c1ccc[nH]1. The number of carbonyl (C=O) groups is 1. The van der Waals surface area contributed by atoms with Crippen molar-refractivity contribution in [3.05, 3.63) is 54.5 Å². The van der Waals surface area contributed by atoms with Gasteiger partial charge < -0.3 is 14.4 Å².